The van der Waals surface area contributed by atoms with E-state index in [0.29, 0.717) is 39.4 Å². The first-order chi connectivity index (χ1) is 14.5. The van der Waals surface area contributed by atoms with E-state index in [1.54, 1.807) is 0 Å². The molecular weight excluding hydrogens is 416 g/mol. The van der Waals surface area contributed by atoms with E-state index in [2.05, 4.69) is 36.3 Å². The van der Waals surface area contributed by atoms with Crippen molar-refractivity contribution in [3.05, 3.63) is 77.3 Å². The molecule has 0 saturated heterocycles. The molecule has 0 aliphatic rings. The number of anilines is 1. The summed E-state index contributed by atoms with van der Waals surface area (Å²) in [5, 5.41) is 3.60. The normalized spacial score (nSPS) is 11.2. The highest BCUT2D eigenvalue weighted by molar-refractivity contribution is 8.00. The molecule has 0 spiro atoms. The summed E-state index contributed by atoms with van der Waals surface area (Å²) in [4.78, 5) is 17.9. The van der Waals surface area contributed by atoms with Crippen molar-refractivity contribution in [2.24, 2.45) is 0 Å². The molecule has 4 rings (SSSR count). The Morgan fingerprint density at radius 1 is 1.07 bits per heavy atom. The second-order valence-electron chi connectivity index (χ2n) is 7.27. The number of fused-ring (bicyclic) bond motifs is 1. The Kier molecular flexibility index (Phi) is 6.11. The highest BCUT2D eigenvalue weighted by Gasteiger charge is 2.11. The third-order valence-electron chi connectivity index (χ3n) is 4.68. The molecule has 0 bridgehead atoms. The van der Waals surface area contributed by atoms with Gasteiger partial charge in [-0.1, -0.05) is 37.6 Å². The molecule has 1 amide bonds. The summed E-state index contributed by atoms with van der Waals surface area (Å²) in [6.45, 7) is 4.33. The van der Waals surface area contributed by atoms with E-state index in [9.17, 15) is 4.79 Å². The highest BCUT2D eigenvalue weighted by Crippen LogP contribution is 2.28. The van der Waals surface area contributed by atoms with Gasteiger partial charge < -0.3 is 9.73 Å². The molecule has 4 aromatic rings. The fraction of sp³-hybridized carbons (Fsp3) is 0.167. The molecule has 0 radical (unpaired) electrons. The lowest BCUT2D eigenvalue weighted by molar-refractivity contribution is -0.113. The van der Waals surface area contributed by atoms with Gasteiger partial charge in [0, 0.05) is 21.2 Å². The Morgan fingerprint density at radius 3 is 2.50 bits per heavy atom. The van der Waals surface area contributed by atoms with Crippen molar-refractivity contribution in [3.8, 4) is 11.5 Å². The van der Waals surface area contributed by atoms with Crippen LogP contribution in [-0.4, -0.2) is 16.6 Å². The number of thioether (sulfide) groups is 1. The molecule has 6 heteroatoms. The van der Waals surface area contributed by atoms with Crippen LogP contribution in [0.2, 0.25) is 5.02 Å². The number of carbonyl (C=O) groups excluding carboxylic acids is 1. The molecule has 0 fully saturated rings. The average Bonchev–Trinajstić information content (AvgIpc) is 3.17. The van der Waals surface area contributed by atoms with Gasteiger partial charge in [-0.3, -0.25) is 4.79 Å². The maximum absolute atomic E-state index is 12.3. The van der Waals surface area contributed by atoms with Gasteiger partial charge in [0.25, 0.3) is 0 Å². The molecule has 0 unspecified atom stereocenters. The van der Waals surface area contributed by atoms with Gasteiger partial charge >= 0.3 is 0 Å². The van der Waals surface area contributed by atoms with Crippen molar-refractivity contribution in [1.82, 2.24) is 4.98 Å². The fourth-order valence-corrected chi connectivity index (χ4v) is 3.84. The first-order valence-corrected chi connectivity index (χ1v) is 11.0. The van der Waals surface area contributed by atoms with E-state index in [-0.39, 0.29) is 5.91 Å². The minimum absolute atomic E-state index is 0.0812. The molecule has 0 aliphatic carbocycles. The van der Waals surface area contributed by atoms with E-state index >= 15 is 0 Å². The maximum atomic E-state index is 12.3. The number of carbonyl (C=O) groups is 1. The summed E-state index contributed by atoms with van der Waals surface area (Å²) in [6.07, 6.45) is 0. The van der Waals surface area contributed by atoms with Crippen molar-refractivity contribution in [2.45, 2.75) is 24.7 Å². The van der Waals surface area contributed by atoms with Crippen LogP contribution < -0.4 is 5.32 Å². The Hall–Kier alpha value is -2.76. The maximum Gasteiger partial charge on any atom is 0.234 e. The Labute approximate surface area is 184 Å². The molecule has 1 N–H and O–H groups in total. The Bertz CT molecular complexity index is 1170. The number of nitrogens with zero attached hydrogens (tertiary/aromatic N) is 1. The fourth-order valence-electron chi connectivity index (χ4n) is 3.02. The van der Waals surface area contributed by atoms with Crippen LogP contribution in [0.25, 0.3) is 22.6 Å². The number of halogens is 1. The van der Waals surface area contributed by atoms with Crippen LogP contribution in [0.4, 0.5) is 5.69 Å². The van der Waals surface area contributed by atoms with Gasteiger partial charge in [-0.05, 0) is 66.1 Å². The first kappa shape index (κ1) is 20.5. The summed E-state index contributed by atoms with van der Waals surface area (Å²) < 4.78 is 5.89. The lowest BCUT2D eigenvalue weighted by atomic mass is 10.0. The third kappa shape index (κ3) is 4.86. The topological polar surface area (TPSA) is 55.1 Å². The smallest absolute Gasteiger partial charge is 0.234 e. The minimum atomic E-state index is -0.0812. The van der Waals surface area contributed by atoms with Gasteiger partial charge in [-0.2, -0.15) is 0 Å². The van der Waals surface area contributed by atoms with Crippen LogP contribution in [0.15, 0.2) is 76.0 Å². The van der Waals surface area contributed by atoms with Crippen LogP contribution in [-0.2, 0) is 4.79 Å². The number of aromatic nitrogens is 1. The predicted molar refractivity (Wildman–Crippen MR) is 124 cm³/mol. The van der Waals surface area contributed by atoms with Gasteiger partial charge in [0.2, 0.25) is 11.8 Å². The van der Waals surface area contributed by atoms with Crippen LogP contribution >= 0.6 is 23.4 Å². The first-order valence-electron chi connectivity index (χ1n) is 9.67. The highest BCUT2D eigenvalue weighted by atomic mass is 35.5. The molecule has 0 saturated carbocycles. The molecule has 1 aromatic heterocycles. The van der Waals surface area contributed by atoms with E-state index in [1.165, 1.54) is 17.3 Å². The molecule has 1 heterocycles. The van der Waals surface area contributed by atoms with E-state index in [0.717, 1.165) is 10.5 Å². The van der Waals surface area contributed by atoms with Crippen LogP contribution in [0.1, 0.15) is 25.3 Å². The quantitative estimate of drug-likeness (QED) is 0.330. The molecule has 4 nitrogen and oxygen atoms in total. The summed E-state index contributed by atoms with van der Waals surface area (Å²) in [5.74, 6) is 1.28. The van der Waals surface area contributed by atoms with E-state index in [4.69, 9.17) is 16.0 Å². The second-order valence-corrected chi connectivity index (χ2v) is 8.75. The number of amides is 1. The number of rotatable bonds is 6. The average molecular weight is 437 g/mol. The van der Waals surface area contributed by atoms with Crippen molar-refractivity contribution in [2.75, 3.05) is 11.1 Å². The molecule has 3 aromatic carbocycles. The van der Waals surface area contributed by atoms with Crippen LogP contribution in [0.3, 0.4) is 0 Å². The molecule has 30 heavy (non-hydrogen) atoms. The van der Waals surface area contributed by atoms with Gasteiger partial charge in [0.05, 0.1) is 5.75 Å². The van der Waals surface area contributed by atoms with Gasteiger partial charge in [0.1, 0.15) is 5.52 Å². The molecule has 152 valence electrons. The minimum Gasteiger partial charge on any atom is -0.436 e. The van der Waals surface area contributed by atoms with Crippen molar-refractivity contribution in [3.63, 3.8) is 0 Å². The van der Waals surface area contributed by atoms with Crippen LogP contribution in [0, 0.1) is 0 Å². The van der Waals surface area contributed by atoms with E-state index < -0.39 is 0 Å². The summed E-state index contributed by atoms with van der Waals surface area (Å²) in [5.41, 5.74) is 4.30. The number of hydrogen-bond donors (Lipinski definition) is 1. The number of nitrogens with one attached hydrogen (secondary N) is 1. The Morgan fingerprint density at radius 2 is 1.80 bits per heavy atom. The van der Waals surface area contributed by atoms with Crippen LogP contribution in [0.5, 0.6) is 0 Å². The number of oxazole rings is 1. The molecule has 0 atom stereocenters. The summed E-state index contributed by atoms with van der Waals surface area (Å²) in [7, 11) is 0. The lowest BCUT2D eigenvalue weighted by Gasteiger charge is -2.05. The summed E-state index contributed by atoms with van der Waals surface area (Å²) >= 11 is 7.35. The van der Waals surface area contributed by atoms with Crippen molar-refractivity contribution in [1.29, 1.82) is 0 Å². The third-order valence-corrected chi connectivity index (χ3v) is 5.94. The van der Waals surface area contributed by atoms with Crippen molar-refractivity contribution < 1.29 is 9.21 Å². The zero-order valence-corrected chi connectivity index (χ0v) is 18.3. The predicted octanol–water partition coefficient (Wildman–Crippen LogP) is 7.00. The van der Waals surface area contributed by atoms with Crippen molar-refractivity contribution >= 4 is 46.1 Å². The zero-order chi connectivity index (χ0) is 21.1. The van der Waals surface area contributed by atoms with E-state index in [1.807, 2.05) is 54.6 Å². The number of hydrogen-bond acceptors (Lipinski definition) is 4. The second kappa shape index (κ2) is 8.94. The Balaban J connectivity index is 1.44. The number of benzene rings is 3. The molecule has 0 aliphatic heterocycles. The largest absolute Gasteiger partial charge is 0.436 e. The zero-order valence-electron chi connectivity index (χ0n) is 16.7. The van der Waals surface area contributed by atoms with Gasteiger partial charge in [-0.15, -0.1) is 11.8 Å². The molecular formula is C24H21ClN2O2S. The van der Waals surface area contributed by atoms with Gasteiger partial charge in [-0.25, -0.2) is 4.98 Å². The SMILES string of the molecule is CC(C)c1ccc(-c2nc3cc(NC(=O)CSc4ccc(Cl)cc4)ccc3o2)cc1. The van der Waals surface area contributed by atoms with Gasteiger partial charge in [0.15, 0.2) is 5.58 Å². The summed E-state index contributed by atoms with van der Waals surface area (Å²) in [6, 6.07) is 21.2. The monoisotopic (exact) mass is 436 g/mol. The standard InChI is InChI=1S/C24H21ClN2O2S/c1-15(2)16-3-5-17(6-4-16)24-27-21-13-19(9-12-22(21)29-24)26-23(28)14-30-20-10-7-18(25)8-11-20/h3-13,15H,14H2,1-2H3,(H,26,28). The lowest BCUT2D eigenvalue weighted by Crippen LogP contribution is -2.13.